The molecule has 0 bridgehead atoms. The van der Waals surface area contributed by atoms with Crippen LogP contribution in [0.1, 0.15) is 26.7 Å². The second-order valence-electron chi connectivity index (χ2n) is 3.70. The van der Waals surface area contributed by atoms with Crippen molar-refractivity contribution in [3.8, 4) is 0 Å². The molecule has 0 amide bonds. The zero-order valence-corrected chi connectivity index (χ0v) is 8.97. The number of hydrogen-bond donors (Lipinski definition) is 0. The molecule has 0 aromatic carbocycles. The molecular weight excluding hydrogens is 176 g/mol. The van der Waals surface area contributed by atoms with Gasteiger partial charge in [0.15, 0.2) is 0 Å². The third-order valence-corrected chi connectivity index (χ3v) is 4.80. The van der Waals surface area contributed by atoms with Crippen LogP contribution in [-0.4, -0.2) is 17.4 Å². The Morgan fingerprint density at radius 3 is 2.73 bits per heavy atom. The summed E-state index contributed by atoms with van der Waals surface area (Å²) in [6.07, 6.45) is 2.60. The minimum atomic E-state index is 0.408. The Morgan fingerprint density at radius 2 is 2.36 bits per heavy atom. The van der Waals surface area contributed by atoms with E-state index in [0.29, 0.717) is 5.41 Å². The van der Waals surface area contributed by atoms with Crippen molar-refractivity contribution in [3.63, 3.8) is 0 Å². The first-order chi connectivity index (χ1) is 5.23. The van der Waals surface area contributed by atoms with Crippen LogP contribution < -0.4 is 0 Å². The fourth-order valence-corrected chi connectivity index (χ4v) is 3.46. The molecule has 1 rings (SSSR count). The Balaban J connectivity index is 2.52. The lowest BCUT2D eigenvalue weighted by Gasteiger charge is -2.31. The lowest BCUT2D eigenvalue weighted by atomic mass is 9.76. The molecule has 0 nitrogen and oxygen atoms in total. The number of thioether (sulfide) groups is 1. The van der Waals surface area contributed by atoms with Gasteiger partial charge >= 0.3 is 0 Å². The average Bonchev–Trinajstić information content (AvgIpc) is 2.55. The van der Waals surface area contributed by atoms with E-state index in [-0.39, 0.29) is 0 Å². The highest BCUT2D eigenvalue weighted by Gasteiger charge is 2.33. The van der Waals surface area contributed by atoms with Gasteiger partial charge < -0.3 is 0 Å². The predicted octanol–water partition coefficient (Wildman–Crippen LogP) is 3.39. The van der Waals surface area contributed by atoms with Gasteiger partial charge in [0.1, 0.15) is 0 Å². The summed E-state index contributed by atoms with van der Waals surface area (Å²) in [7, 11) is 0. The molecule has 0 aromatic heterocycles. The van der Waals surface area contributed by atoms with Crippen LogP contribution in [-0.2, 0) is 0 Å². The zero-order valence-electron chi connectivity index (χ0n) is 7.40. The van der Waals surface area contributed by atoms with Crippen molar-refractivity contribution in [2.45, 2.75) is 26.7 Å². The van der Waals surface area contributed by atoms with Crippen LogP contribution in [0, 0.1) is 11.3 Å². The van der Waals surface area contributed by atoms with Crippen molar-refractivity contribution in [1.82, 2.24) is 0 Å². The fourth-order valence-electron chi connectivity index (χ4n) is 1.58. The third-order valence-electron chi connectivity index (χ3n) is 3.03. The number of hydrogen-bond acceptors (Lipinski definition) is 1. The summed E-state index contributed by atoms with van der Waals surface area (Å²) in [5.41, 5.74) is 0.408. The Hall–Kier alpha value is 0.640. The van der Waals surface area contributed by atoms with Crippen LogP contribution in [0.2, 0.25) is 0 Å². The normalized spacial score (nSPS) is 30.3. The lowest BCUT2D eigenvalue weighted by molar-refractivity contribution is 0.232. The van der Waals surface area contributed by atoms with Crippen LogP contribution in [0.3, 0.4) is 0 Å². The van der Waals surface area contributed by atoms with Crippen LogP contribution >= 0.6 is 23.4 Å². The summed E-state index contributed by atoms with van der Waals surface area (Å²) in [6, 6.07) is 0. The van der Waals surface area contributed by atoms with Gasteiger partial charge in [-0.05, 0) is 35.7 Å². The molecule has 1 aliphatic rings. The van der Waals surface area contributed by atoms with Crippen molar-refractivity contribution in [2.24, 2.45) is 11.3 Å². The van der Waals surface area contributed by atoms with Gasteiger partial charge in [0.05, 0.1) is 0 Å². The van der Waals surface area contributed by atoms with Crippen molar-refractivity contribution in [2.75, 3.05) is 17.4 Å². The summed E-state index contributed by atoms with van der Waals surface area (Å²) in [4.78, 5) is 0. The van der Waals surface area contributed by atoms with E-state index >= 15 is 0 Å². The van der Waals surface area contributed by atoms with Gasteiger partial charge in [0.25, 0.3) is 0 Å². The molecule has 0 aliphatic carbocycles. The van der Waals surface area contributed by atoms with Gasteiger partial charge in [-0.3, -0.25) is 0 Å². The van der Waals surface area contributed by atoms with Gasteiger partial charge in [-0.1, -0.05) is 13.8 Å². The van der Waals surface area contributed by atoms with Crippen molar-refractivity contribution >= 4 is 23.4 Å². The maximum absolute atomic E-state index is 5.98. The molecule has 0 spiro atoms. The van der Waals surface area contributed by atoms with E-state index in [4.69, 9.17) is 11.6 Å². The molecule has 66 valence electrons. The summed E-state index contributed by atoms with van der Waals surface area (Å²) in [6.45, 7) is 4.59. The zero-order chi connectivity index (χ0) is 8.32. The predicted molar refractivity (Wildman–Crippen MR) is 54.6 cm³/mol. The minimum Gasteiger partial charge on any atom is -0.162 e. The molecule has 1 heterocycles. The van der Waals surface area contributed by atoms with E-state index in [1.165, 1.54) is 24.3 Å². The lowest BCUT2D eigenvalue weighted by Crippen LogP contribution is -2.28. The molecule has 1 fully saturated rings. The maximum atomic E-state index is 5.98. The Morgan fingerprint density at radius 1 is 1.64 bits per heavy atom. The fraction of sp³-hybridized carbons (Fsp3) is 1.00. The Bertz CT molecular complexity index is 115. The second-order valence-corrected chi connectivity index (χ2v) is 5.12. The molecular formula is C9H17ClS. The first-order valence-corrected chi connectivity index (χ1v) is 6.05. The SMILES string of the molecule is CCC(C)(CCl)C1CCSC1. The van der Waals surface area contributed by atoms with Gasteiger partial charge in [-0.15, -0.1) is 11.6 Å². The molecule has 2 atom stereocenters. The summed E-state index contributed by atoms with van der Waals surface area (Å²) >= 11 is 8.06. The Labute approximate surface area is 79.1 Å². The maximum Gasteiger partial charge on any atom is 0.0280 e. The van der Waals surface area contributed by atoms with Gasteiger partial charge in [-0.25, -0.2) is 0 Å². The molecule has 1 aliphatic heterocycles. The highest BCUT2D eigenvalue weighted by Crippen LogP contribution is 2.41. The average molecular weight is 193 g/mol. The molecule has 2 heteroatoms. The largest absolute Gasteiger partial charge is 0.162 e. The highest BCUT2D eigenvalue weighted by atomic mass is 35.5. The van der Waals surface area contributed by atoms with E-state index in [9.17, 15) is 0 Å². The van der Waals surface area contributed by atoms with E-state index in [1.807, 2.05) is 0 Å². The summed E-state index contributed by atoms with van der Waals surface area (Å²) in [5, 5.41) is 0. The molecule has 0 aromatic rings. The number of rotatable bonds is 3. The van der Waals surface area contributed by atoms with Crippen molar-refractivity contribution in [1.29, 1.82) is 0 Å². The molecule has 1 saturated heterocycles. The van der Waals surface area contributed by atoms with Crippen LogP contribution in [0.25, 0.3) is 0 Å². The van der Waals surface area contributed by atoms with Crippen LogP contribution in [0.5, 0.6) is 0 Å². The molecule has 11 heavy (non-hydrogen) atoms. The summed E-state index contributed by atoms with van der Waals surface area (Å²) < 4.78 is 0. The van der Waals surface area contributed by atoms with Gasteiger partial charge in [0.2, 0.25) is 0 Å². The molecule has 0 N–H and O–H groups in total. The van der Waals surface area contributed by atoms with Crippen molar-refractivity contribution in [3.05, 3.63) is 0 Å². The minimum absolute atomic E-state index is 0.408. The first-order valence-electron chi connectivity index (χ1n) is 4.36. The summed E-state index contributed by atoms with van der Waals surface area (Å²) in [5.74, 6) is 4.37. The van der Waals surface area contributed by atoms with Crippen molar-refractivity contribution < 1.29 is 0 Å². The smallest absolute Gasteiger partial charge is 0.0280 e. The number of alkyl halides is 1. The van der Waals surface area contributed by atoms with E-state index in [2.05, 4.69) is 25.6 Å². The van der Waals surface area contributed by atoms with Gasteiger partial charge in [0, 0.05) is 5.88 Å². The first kappa shape index (κ1) is 9.73. The second kappa shape index (κ2) is 4.04. The quantitative estimate of drug-likeness (QED) is 0.618. The van der Waals surface area contributed by atoms with E-state index in [0.717, 1.165) is 11.8 Å². The van der Waals surface area contributed by atoms with E-state index < -0.39 is 0 Å². The standard InChI is InChI=1S/C9H17ClS/c1-3-9(2,7-10)8-4-5-11-6-8/h8H,3-7H2,1-2H3. The molecule has 2 unspecified atom stereocenters. The highest BCUT2D eigenvalue weighted by molar-refractivity contribution is 7.99. The topological polar surface area (TPSA) is 0 Å². The van der Waals surface area contributed by atoms with E-state index in [1.54, 1.807) is 0 Å². The Kier molecular flexibility index (Phi) is 3.57. The van der Waals surface area contributed by atoms with Crippen LogP contribution in [0.15, 0.2) is 0 Å². The number of halogens is 1. The third kappa shape index (κ3) is 2.06. The monoisotopic (exact) mass is 192 g/mol. The van der Waals surface area contributed by atoms with Gasteiger partial charge in [-0.2, -0.15) is 11.8 Å². The van der Waals surface area contributed by atoms with Crippen LogP contribution in [0.4, 0.5) is 0 Å². The molecule has 0 radical (unpaired) electrons. The molecule has 0 saturated carbocycles.